The lowest BCUT2D eigenvalue weighted by atomic mass is 10.1. The number of ether oxygens (including phenoxy) is 1. The van der Waals surface area contributed by atoms with E-state index in [9.17, 15) is 9.59 Å². The Bertz CT molecular complexity index is 838. The average Bonchev–Trinajstić information content (AvgIpc) is 2.55. The maximum atomic E-state index is 12.5. The Morgan fingerprint density at radius 2 is 2.27 bits per heavy atom. The number of nitrogens with zero attached hydrogens (tertiary/aromatic N) is 2. The van der Waals surface area contributed by atoms with Crippen LogP contribution in [0.2, 0.25) is 0 Å². The van der Waals surface area contributed by atoms with E-state index in [2.05, 4.69) is 4.98 Å². The van der Waals surface area contributed by atoms with Crippen LogP contribution < -0.4 is 11.1 Å². The molecular formula is C16H17N3O3. The molecule has 1 saturated heterocycles. The van der Waals surface area contributed by atoms with Gasteiger partial charge in [-0.1, -0.05) is 0 Å². The Kier molecular flexibility index (Phi) is 4.07. The average molecular weight is 299 g/mol. The molecule has 0 amide bonds. The van der Waals surface area contributed by atoms with Gasteiger partial charge in [0.25, 0.3) is 11.1 Å². The Labute approximate surface area is 127 Å². The van der Waals surface area contributed by atoms with E-state index in [-0.39, 0.29) is 17.2 Å². The van der Waals surface area contributed by atoms with Crippen molar-refractivity contribution in [3.05, 3.63) is 44.6 Å². The molecule has 1 unspecified atom stereocenters. The van der Waals surface area contributed by atoms with E-state index in [0.717, 1.165) is 25.9 Å². The fourth-order valence-corrected chi connectivity index (χ4v) is 2.82. The molecule has 1 aliphatic rings. The summed E-state index contributed by atoms with van der Waals surface area (Å²) in [5.41, 5.74) is -0.249. The summed E-state index contributed by atoms with van der Waals surface area (Å²) >= 11 is 0. The highest BCUT2D eigenvalue weighted by molar-refractivity contribution is 5.78. The molecule has 0 spiro atoms. The number of fused-ring (bicyclic) bond motifs is 1. The quantitative estimate of drug-likeness (QED) is 0.930. The van der Waals surface area contributed by atoms with Crippen LogP contribution in [0.3, 0.4) is 0 Å². The minimum Gasteiger partial charge on any atom is -0.378 e. The molecule has 0 radical (unpaired) electrons. The molecule has 0 aromatic carbocycles. The smallest absolute Gasteiger partial charge is 0.266 e. The molecule has 0 saturated carbocycles. The van der Waals surface area contributed by atoms with Crippen molar-refractivity contribution in [3.63, 3.8) is 0 Å². The first-order valence-electron chi connectivity index (χ1n) is 7.47. The van der Waals surface area contributed by atoms with Crippen molar-refractivity contribution in [1.29, 1.82) is 5.26 Å². The molecule has 114 valence electrons. The van der Waals surface area contributed by atoms with Crippen LogP contribution in [0.15, 0.2) is 27.9 Å². The number of aromatic amines is 1. The van der Waals surface area contributed by atoms with Crippen LogP contribution >= 0.6 is 0 Å². The van der Waals surface area contributed by atoms with Crippen molar-refractivity contribution in [2.24, 2.45) is 0 Å². The second-order valence-corrected chi connectivity index (χ2v) is 5.54. The van der Waals surface area contributed by atoms with Crippen molar-refractivity contribution in [3.8, 4) is 6.07 Å². The highest BCUT2D eigenvalue weighted by atomic mass is 16.5. The Morgan fingerprint density at radius 1 is 1.41 bits per heavy atom. The third-order valence-electron chi connectivity index (χ3n) is 4.07. The zero-order chi connectivity index (χ0) is 15.5. The molecule has 2 aromatic rings. The maximum absolute atomic E-state index is 12.5. The first-order valence-corrected chi connectivity index (χ1v) is 7.47. The number of pyridine rings is 2. The summed E-state index contributed by atoms with van der Waals surface area (Å²) in [5, 5.41) is 9.28. The second-order valence-electron chi connectivity index (χ2n) is 5.54. The van der Waals surface area contributed by atoms with Gasteiger partial charge in [0.2, 0.25) is 0 Å². The van der Waals surface area contributed by atoms with Crippen molar-refractivity contribution in [2.75, 3.05) is 6.61 Å². The van der Waals surface area contributed by atoms with Gasteiger partial charge in [0.05, 0.1) is 17.0 Å². The van der Waals surface area contributed by atoms with E-state index in [0.29, 0.717) is 17.4 Å². The molecule has 1 atom stereocenters. The lowest BCUT2D eigenvalue weighted by molar-refractivity contribution is 0.00868. The summed E-state index contributed by atoms with van der Waals surface area (Å²) in [6.07, 6.45) is 5.99. The molecule has 1 N–H and O–H groups in total. The zero-order valence-electron chi connectivity index (χ0n) is 12.2. The largest absolute Gasteiger partial charge is 0.378 e. The van der Waals surface area contributed by atoms with Gasteiger partial charge in [-0.3, -0.25) is 9.59 Å². The topological polar surface area (TPSA) is 87.9 Å². The molecule has 3 rings (SSSR count). The molecule has 6 heteroatoms. The molecule has 2 aromatic heterocycles. The molecule has 22 heavy (non-hydrogen) atoms. The second kappa shape index (κ2) is 6.16. The summed E-state index contributed by atoms with van der Waals surface area (Å²) in [6.45, 7) is 1.37. The maximum Gasteiger partial charge on any atom is 0.266 e. The van der Waals surface area contributed by atoms with Crippen molar-refractivity contribution in [1.82, 2.24) is 9.55 Å². The van der Waals surface area contributed by atoms with Crippen molar-refractivity contribution < 1.29 is 4.74 Å². The van der Waals surface area contributed by atoms with Gasteiger partial charge >= 0.3 is 0 Å². The fourth-order valence-electron chi connectivity index (χ4n) is 2.82. The Balaban J connectivity index is 1.89. The van der Waals surface area contributed by atoms with Crippen LogP contribution in [-0.4, -0.2) is 22.3 Å². The van der Waals surface area contributed by atoms with E-state index in [1.165, 1.54) is 12.5 Å². The molecule has 1 fully saturated rings. The molecule has 6 nitrogen and oxygen atoms in total. The Morgan fingerprint density at radius 3 is 3.00 bits per heavy atom. The third-order valence-corrected chi connectivity index (χ3v) is 4.07. The van der Waals surface area contributed by atoms with Crippen molar-refractivity contribution >= 4 is 10.9 Å². The fraction of sp³-hybridized carbons (Fsp3) is 0.438. The molecular weight excluding hydrogens is 282 g/mol. The van der Waals surface area contributed by atoms with Crippen LogP contribution in [0.1, 0.15) is 31.2 Å². The zero-order valence-corrected chi connectivity index (χ0v) is 12.2. The number of nitrogens with one attached hydrogen (secondary N) is 1. The first-order chi connectivity index (χ1) is 10.7. The number of nitriles is 1. The Hall–Kier alpha value is -2.39. The monoisotopic (exact) mass is 299 g/mol. The van der Waals surface area contributed by atoms with Crippen LogP contribution in [0, 0.1) is 11.3 Å². The predicted molar refractivity (Wildman–Crippen MR) is 81.8 cm³/mol. The molecule has 1 aliphatic heterocycles. The van der Waals surface area contributed by atoms with Gasteiger partial charge in [-0.15, -0.1) is 0 Å². The third kappa shape index (κ3) is 2.81. The van der Waals surface area contributed by atoms with Gasteiger partial charge < -0.3 is 14.3 Å². The van der Waals surface area contributed by atoms with E-state index >= 15 is 0 Å². The van der Waals surface area contributed by atoms with Crippen LogP contribution in [0.5, 0.6) is 0 Å². The normalized spacial score (nSPS) is 18.2. The van der Waals surface area contributed by atoms with Gasteiger partial charge in [0.1, 0.15) is 11.6 Å². The number of H-pyrrole nitrogens is 1. The van der Waals surface area contributed by atoms with Gasteiger partial charge in [0.15, 0.2) is 0 Å². The number of hydrogen-bond acceptors (Lipinski definition) is 4. The summed E-state index contributed by atoms with van der Waals surface area (Å²) < 4.78 is 7.28. The van der Waals surface area contributed by atoms with E-state index < -0.39 is 5.56 Å². The van der Waals surface area contributed by atoms with Crippen LogP contribution in [0.4, 0.5) is 0 Å². The van der Waals surface area contributed by atoms with E-state index in [1.807, 2.05) is 0 Å². The van der Waals surface area contributed by atoms with Gasteiger partial charge in [0, 0.05) is 19.3 Å². The first kappa shape index (κ1) is 14.5. The SMILES string of the molecule is N#Cc1cc2c(=O)n(CCC3CCCCO3)ccc2[nH]c1=O. The van der Waals surface area contributed by atoms with Crippen molar-refractivity contribution in [2.45, 2.75) is 38.3 Å². The molecule has 0 bridgehead atoms. The van der Waals surface area contributed by atoms with Gasteiger partial charge in [-0.25, -0.2) is 0 Å². The lowest BCUT2D eigenvalue weighted by Crippen LogP contribution is -2.26. The van der Waals surface area contributed by atoms with E-state index in [1.54, 1.807) is 22.9 Å². The standard InChI is InChI=1S/C16H17N3O3/c17-10-11-9-13-14(18-15(11)20)5-7-19(16(13)21)6-4-12-3-1-2-8-22-12/h5,7,9,12H,1-4,6,8H2,(H,18,20). The summed E-state index contributed by atoms with van der Waals surface area (Å²) in [7, 11) is 0. The summed E-state index contributed by atoms with van der Waals surface area (Å²) in [4.78, 5) is 26.6. The van der Waals surface area contributed by atoms with Crippen LogP contribution in [-0.2, 0) is 11.3 Å². The number of aromatic nitrogens is 2. The molecule has 3 heterocycles. The lowest BCUT2D eigenvalue weighted by Gasteiger charge is -2.22. The predicted octanol–water partition coefficient (Wildman–Crippen LogP) is 1.52. The highest BCUT2D eigenvalue weighted by Gasteiger charge is 2.14. The van der Waals surface area contributed by atoms with Gasteiger partial charge in [-0.05, 0) is 37.8 Å². The summed E-state index contributed by atoms with van der Waals surface area (Å²) in [6, 6.07) is 4.87. The number of hydrogen-bond donors (Lipinski definition) is 1. The summed E-state index contributed by atoms with van der Waals surface area (Å²) in [5.74, 6) is 0. The number of rotatable bonds is 3. The number of aryl methyl sites for hydroxylation is 1. The minimum absolute atomic E-state index is 0.0436. The molecule has 0 aliphatic carbocycles. The van der Waals surface area contributed by atoms with Gasteiger partial charge in [-0.2, -0.15) is 5.26 Å². The minimum atomic E-state index is -0.470. The van der Waals surface area contributed by atoms with Crippen LogP contribution in [0.25, 0.3) is 10.9 Å². The van der Waals surface area contributed by atoms with E-state index in [4.69, 9.17) is 10.00 Å². The highest BCUT2D eigenvalue weighted by Crippen LogP contribution is 2.16.